The summed E-state index contributed by atoms with van der Waals surface area (Å²) in [6.45, 7) is -0.0520. The van der Waals surface area contributed by atoms with E-state index in [0.29, 0.717) is 5.75 Å². The van der Waals surface area contributed by atoms with Crippen molar-refractivity contribution in [2.24, 2.45) is 0 Å². The van der Waals surface area contributed by atoms with Gasteiger partial charge in [-0.2, -0.15) is 0 Å². The van der Waals surface area contributed by atoms with Gasteiger partial charge in [0.2, 0.25) is 0 Å². The molecule has 0 fully saturated rings. The van der Waals surface area contributed by atoms with Crippen LogP contribution < -0.4 is 25.9 Å². The van der Waals surface area contributed by atoms with Crippen LogP contribution in [0.3, 0.4) is 0 Å². The average Bonchev–Trinajstić information content (AvgIpc) is 2.47. The van der Waals surface area contributed by atoms with Crippen LogP contribution in [0.15, 0.2) is 54.6 Å². The van der Waals surface area contributed by atoms with Crippen molar-refractivity contribution in [3.8, 4) is 5.75 Å². The summed E-state index contributed by atoms with van der Waals surface area (Å²) in [6, 6.07) is 18.3. The van der Waals surface area contributed by atoms with Crippen molar-refractivity contribution in [2.45, 2.75) is 0 Å². The van der Waals surface area contributed by atoms with Crippen molar-refractivity contribution in [2.75, 3.05) is 13.7 Å². The molecule has 0 aromatic heterocycles. The monoisotopic (exact) mass is 369 g/mol. The molecule has 4 heteroatoms. The van der Waals surface area contributed by atoms with E-state index < -0.39 is 0 Å². The molecule has 0 spiro atoms. The fraction of sp³-hybridized carbons (Fsp3) is 0.133. The number of ether oxygens (including phenoxy) is 2. The third kappa shape index (κ3) is 4.55. The van der Waals surface area contributed by atoms with Crippen LogP contribution >= 0.6 is 0 Å². The first-order chi connectivity index (χ1) is 9.28. The Kier molecular flexibility index (Phi) is 5.20. The fourth-order valence-electron chi connectivity index (χ4n) is 1.40. The van der Waals surface area contributed by atoms with Crippen LogP contribution in [0.4, 0.5) is 0 Å². The Labute approximate surface area is 122 Å². The van der Waals surface area contributed by atoms with E-state index in [4.69, 9.17) is 4.74 Å². The van der Waals surface area contributed by atoms with Crippen LogP contribution in [-0.2, 0) is 9.53 Å². The van der Waals surface area contributed by atoms with Gasteiger partial charge < -0.3 is 0 Å². The molecule has 0 amide bonds. The molecule has 0 heterocycles. The van der Waals surface area contributed by atoms with E-state index in [1.54, 1.807) is 0 Å². The summed E-state index contributed by atoms with van der Waals surface area (Å²) >= 11 is -0.157. The quantitative estimate of drug-likeness (QED) is 0.520. The van der Waals surface area contributed by atoms with Gasteiger partial charge in [0.05, 0.1) is 0 Å². The Bertz CT molecular complexity index is 523. The van der Waals surface area contributed by atoms with E-state index in [2.05, 4.69) is 29.0 Å². The van der Waals surface area contributed by atoms with Gasteiger partial charge >= 0.3 is 123 Å². The Balaban J connectivity index is 1.93. The predicted molar refractivity (Wildman–Crippen MR) is 67.8 cm³/mol. The molecule has 0 atom stereocenters. The van der Waals surface area contributed by atoms with E-state index in [1.807, 2.05) is 30.3 Å². The molecule has 0 aliphatic heterocycles. The summed E-state index contributed by atoms with van der Waals surface area (Å²) in [5, 5.41) is 0. The number of hydrogen-bond donors (Lipinski definition) is 0. The van der Waals surface area contributed by atoms with Gasteiger partial charge in [0.15, 0.2) is 0 Å². The molecule has 2 rings (SSSR count). The minimum absolute atomic E-state index is 0.0520. The Morgan fingerprint density at radius 2 is 1.63 bits per heavy atom. The maximum absolute atomic E-state index is 11.0. The molecule has 2 aromatic rings. The molecule has 0 saturated carbocycles. The van der Waals surface area contributed by atoms with E-state index in [9.17, 15) is 4.79 Å². The third-order valence-corrected chi connectivity index (χ3v) is 5.03. The van der Waals surface area contributed by atoms with Crippen molar-refractivity contribution >= 4 is 5.97 Å². The standard InChI is InChI=1S/C15H14IO3/c1-18-15(17)11-19-14-9-7-13(8-10-14)16-12-5-3-2-4-6-12/h2-10H,11H2,1H3/q-1. The van der Waals surface area contributed by atoms with Crippen LogP contribution in [0, 0.1) is 7.14 Å². The molecule has 0 aliphatic carbocycles. The summed E-state index contributed by atoms with van der Waals surface area (Å²) in [6.07, 6.45) is 0. The van der Waals surface area contributed by atoms with Crippen molar-refractivity contribution in [1.82, 2.24) is 0 Å². The van der Waals surface area contributed by atoms with E-state index >= 15 is 0 Å². The van der Waals surface area contributed by atoms with E-state index in [1.165, 1.54) is 14.3 Å². The van der Waals surface area contributed by atoms with Gasteiger partial charge in [0.1, 0.15) is 0 Å². The first-order valence-corrected chi connectivity index (χ1v) is 7.93. The SMILES string of the molecule is COC(=O)COc1ccc([I-]c2ccccc2)cc1. The Hall–Kier alpha value is -1.56. The molecular formula is C15H14IO3-. The molecule has 2 aromatic carbocycles. The second-order valence-electron chi connectivity index (χ2n) is 3.71. The van der Waals surface area contributed by atoms with Crippen molar-refractivity contribution < 1.29 is 35.5 Å². The third-order valence-electron chi connectivity index (χ3n) is 2.35. The van der Waals surface area contributed by atoms with Gasteiger partial charge in [-0.3, -0.25) is 0 Å². The number of rotatable bonds is 5. The van der Waals surface area contributed by atoms with E-state index in [0.717, 1.165) is 0 Å². The van der Waals surface area contributed by atoms with Crippen LogP contribution in [0.5, 0.6) is 5.75 Å². The fourth-order valence-corrected chi connectivity index (χ4v) is 3.61. The molecule has 0 bridgehead atoms. The molecule has 0 N–H and O–H groups in total. The number of hydrogen-bond acceptors (Lipinski definition) is 3. The number of methoxy groups -OCH3 is 1. The molecule has 19 heavy (non-hydrogen) atoms. The minimum atomic E-state index is -0.374. The Morgan fingerprint density at radius 3 is 2.26 bits per heavy atom. The number of benzene rings is 2. The summed E-state index contributed by atoms with van der Waals surface area (Å²) in [5.74, 6) is 0.312. The Morgan fingerprint density at radius 1 is 1.00 bits per heavy atom. The normalized spacial score (nSPS) is 10.2. The summed E-state index contributed by atoms with van der Waals surface area (Å²) < 4.78 is 12.5. The van der Waals surface area contributed by atoms with Gasteiger partial charge in [0, 0.05) is 0 Å². The first kappa shape index (κ1) is 13.9. The van der Waals surface area contributed by atoms with Gasteiger partial charge in [-0.05, 0) is 0 Å². The van der Waals surface area contributed by atoms with Crippen LogP contribution in [0.2, 0.25) is 0 Å². The summed E-state index contributed by atoms with van der Waals surface area (Å²) in [4.78, 5) is 11.0. The number of halogens is 1. The van der Waals surface area contributed by atoms with Gasteiger partial charge in [-0.1, -0.05) is 0 Å². The van der Waals surface area contributed by atoms with Crippen molar-refractivity contribution in [3.63, 3.8) is 0 Å². The van der Waals surface area contributed by atoms with Crippen molar-refractivity contribution in [3.05, 3.63) is 61.7 Å². The molecule has 0 unspecified atom stereocenters. The molecule has 0 aliphatic rings. The second kappa shape index (κ2) is 7.13. The van der Waals surface area contributed by atoms with Crippen LogP contribution in [0.25, 0.3) is 0 Å². The van der Waals surface area contributed by atoms with Gasteiger partial charge in [-0.15, -0.1) is 0 Å². The van der Waals surface area contributed by atoms with E-state index in [-0.39, 0.29) is 33.8 Å². The summed E-state index contributed by atoms with van der Waals surface area (Å²) in [7, 11) is 1.35. The molecule has 100 valence electrons. The summed E-state index contributed by atoms with van der Waals surface area (Å²) in [5.41, 5.74) is 0. The van der Waals surface area contributed by atoms with Gasteiger partial charge in [-0.25, -0.2) is 0 Å². The number of carbonyl (C=O) groups excluding carboxylic acids is 1. The number of carbonyl (C=O) groups is 1. The maximum atomic E-state index is 11.0. The second-order valence-corrected chi connectivity index (χ2v) is 6.74. The molecule has 3 nitrogen and oxygen atoms in total. The zero-order valence-corrected chi connectivity index (χ0v) is 12.7. The number of esters is 1. The van der Waals surface area contributed by atoms with Crippen LogP contribution in [0.1, 0.15) is 0 Å². The average molecular weight is 369 g/mol. The van der Waals surface area contributed by atoms with Gasteiger partial charge in [0.25, 0.3) is 0 Å². The van der Waals surface area contributed by atoms with Crippen molar-refractivity contribution in [1.29, 1.82) is 0 Å². The molecular weight excluding hydrogens is 355 g/mol. The first-order valence-electron chi connectivity index (χ1n) is 5.77. The molecule has 0 saturated heterocycles. The molecule has 0 radical (unpaired) electrons. The zero-order chi connectivity index (χ0) is 13.5. The topological polar surface area (TPSA) is 35.5 Å². The predicted octanol–water partition coefficient (Wildman–Crippen LogP) is -0.633. The zero-order valence-electron chi connectivity index (χ0n) is 10.5. The van der Waals surface area contributed by atoms with Crippen LogP contribution in [-0.4, -0.2) is 19.7 Å².